The minimum atomic E-state index is -0.621. The summed E-state index contributed by atoms with van der Waals surface area (Å²) in [5.41, 5.74) is -0.128. The molecule has 17 heavy (non-hydrogen) atoms. The molecule has 0 aliphatic heterocycles. The number of nitrogens with one attached hydrogen (secondary N) is 1. The molecule has 0 saturated carbocycles. The minimum absolute atomic E-state index is 0.128. The van der Waals surface area contributed by atoms with Gasteiger partial charge in [0.25, 0.3) is 5.56 Å². The Morgan fingerprint density at radius 1 is 1.71 bits per heavy atom. The second-order valence-corrected chi connectivity index (χ2v) is 4.71. The SMILES string of the molecule is COCCNCC(O)Cn1cncc(I)c1=O. The molecule has 1 aromatic rings. The first-order valence-electron chi connectivity index (χ1n) is 5.22. The van der Waals surface area contributed by atoms with Crippen molar-refractivity contribution in [3.05, 3.63) is 26.4 Å². The van der Waals surface area contributed by atoms with Gasteiger partial charge in [0.05, 0.1) is 29.2 Å². The van der Waals surface area contributed by atoms with Gasteiger partial charge in [-0.05, 0) is 22.6 Å². The van der Waals surface area contributed by atoms with E-state index in [1.165, 1.54) is 17.1 Å². The van der Waals surface area contributed by atoms with Gasteiger partial charge in [0.15, 0.2) is 0 Å². The molecule has 0 spiro atoms. The molecule has 0 aromatic carbocycles. The van der Waals surface area contributed by atoms with Gasteiger partial charge < -0.3 is 15.2 Å². The minimum Gasteiger partial charge on any atom is -0.390 e. The van der Waals surface area contributed by atoms with Crippen LogP contribution in [0, 0.1) is 3.57 Å². The smallest absolute Gasteiger partial charge is 0.266 e. The molecule has 96 valence electrons. The Hall–Kier alpha value is -0.510. The summed E-state index contributed by atoms with van der Waals surface area (Å²) in [6, 6.07) is 0. The van der Waals surface area contributed by atoms with E-state index in [0.717, 1.165) is 0 Å². The highest BCUT2D eigenvalue weighted by Crippen LogP contribution is 1.94. The Kier molecular flexibility index (Phi) is 6.63. The first-order valence-corrected chi connectivity index (χ1v) is 6.30. The molecule has 6 nitrogen and oxygen atoms in total. The fourth-order valence-electron chi connectivity index (χ4n) is 1.29. The van der Waals surface area contributed by atoms with Crippen LogP contribution in [0.3, 0.4) is 0 Å². The van der Waals surface area contributed by atoms with E-state index >= 15 is 0 Å². The average molecular weight is 353 g/mol. The summed E-state index contributed by atoms with van der Waals surface area (Å²) in [7, 11) is 1.62. The molecule has 0 saturated heterocycles. The van der Waals surface area contributed by atoms with Crippen molar-refractivity contribution in [1.82, 2.24) is 14.9 Å². The number of nitrogens with zero attached hydrogens (tertiary/aromatic N) is 2. The van der Waals surface area contributed by atoms with E-state index in [9.17, 15) is 9.90 Å². The van der Waals surface area contributed by atoms with Crippen molar-refractivity contribution in [2.45, 2.75) is 12.6 Å². The van der Waals surface area contributed by atoms with E-state index in [1.807, 2.05) is 22.6 Å². The van der Waals surface area contributed by atoms with Gasteiger partial charge in [-0.25, -0.2) is 4.98 Å². The zero-order valence-electron chi connectivity index (χ0n) is 9.60. The lowest BCUT2D eigenvalue weighted by atomic mass is 10.3. The number of rotatable bonds is 7. The summed E-state index contributed by atoms with van der Waals surface area (Å²) in [4.78, 5) is 15.6. The molecular weight excluding hydrogens is 337 g/mol. The molecule has 7 heteroatoms. The first-order chi connectivity index (χ1) is 8.15. The van der Waals surface area contributed by atoms with Crippen LogP contribution in [0.25, 0.3) is 0 Å². The monoisotopic (exact) mass is 353 g/mol. The highest BCUT2D eigenvalue weighted by molar-refractivity contribution is 14.1. The van der Waals surface area contributed by atoms with Crippen molar-refractivity contribution in [2.75, 3.05) is 26.8 Å². The lowest BCUT2D eigenvalue weighted by molar-refractivity contribution is 0.142. The molecular formula is C10H16IN3O3. The van der Waals surface area contributed by atoms with Crippen molar-refractivity contribution in [1.29, 1.82) is 0 Å². The zero-order valence-corrected chi connectivity index (χ0v) is 11.8. The normalized spacial score (nSPS) is 12.6. The molecule has 1 aromatic heterocycles. The Balaban J connectivity index is 2.42. The largest absolute Gasteiger partial charge is 0.390 e. The summed E-state index contributed by atoms with van der Waals surface area (Å²) in [5, 5.41) is 12.8. The number of hydrogen-bond acceptors (Lipinski definition) is 5. The lowest BCUT2D eigenvalue weighted by Gasteiger charge is -2.13. The van der Waals surface area contributed by atoms with Crippen LogP contribution >= 0.6 is 22.6 Å². The molecule has 1 atom stereocenters. The van der Waals surface area contributed by atoms with Gasteiger partial charge in [-0.1, -0.05) is 0 Å². The number of aliphatic hydroxyl groups is 1. The van der Waals surface area contributed by atoms with Gasteiger partial charge >= 0.3 is 0 Å². The van der Waals surface area contributed by atoms with Crippen LogP contribution in [-0.4, -0.2) is 47.6 Å². The van der Waals surface area contributed by atoms with E-state index in [4.69, 9.17) is 4.74 Å². The fourth-order valence-corrected chi connectivity index (χ4v) is 1.76. The molecule has 0 aliphatic rings. The number of halogens is 1. The molecule has 0 amide bonds. The van der Waals surface area contributed by atoms with Crippen LogP contribution < -0.4 is 10.9 Å². The van der Waals surface area contributed by atoms with Crippen LogP contribution in [0.5, 0.6) is 0 Å². The highest BCUT2D eigenvalue weighted by atomic mass is 127. The van der Waals surface area contributed by atoms with Gasteiger partial charge in [0.1, 0.15) is 0 Å². The Bertz CT molecular complexity index is 397. The van der Waals surface area contributed by atoms with Crippen molar-refractivity contribution in [2.24, 2.45) is 0 Å². The number of aromatic nitrogens is 2. The molecule has 1 rings (SSSR count). The topological polar surface area (TPSA) is 76.4 Å². The molecule has 0 aliphatic carbocycles. The molecule has 0 fully saturated rings. The van der Waals surface area contributed by atoms with Gasteiger partial charge in [0, 0.05) is 26.4 Å². The Morgan fingerprint density at radius 3 is 3.18 bits per heavy atom. The lowest BCUT2D eigenvalue weighted by Crippen LogP contribution is -2.35. The van der Waals surface area contributed by atoms with Gasteiger partial charge in [-0.15, -0.1) is 0 Å². The summed E-state index contributed by atoms with van der Waals surface area (Å²) in [5.74, 6) is 0. The maximum atomic E-state index is 11.6. The molecule has 0 bridgehead atoms. The second-order valence-electron chi connectivity index (χ2n) is 3.55. The van der Waals surface area contributed by atoms with Crippen LogP contribution in [0.4, 0.5) is 0 Å². The third-order valence-corrected chi connectivity index (χ3v) is 2.87. The van der Waals surface area contributed by atoms with Crippen molar-refractivity contribution >= 4 is 22.6 Å². The fraction of sp³-hybridized carbons (Fsp3) is 0.600. The quantitative estimate of drug-likeness (QED) is 0.508. The van der Waals surface area contributed by atoms with Crippen molar-refractivity contribution < 1.29 is 9.84 Å². The first kappa shape index (κ1) is 14.6. The summed E-state index contributed by atoms with van der Waals surface area (Å²) in [6.07, 6.45) is 2.32. The van der Waals surface area contributed by atoms with Crippen LogP contribution in [-0.2, 0) is 11.3 Å². The van der Waals surface area contributed by atoms with Crippen molar-refractivity contribution in [3.8, 4) is 0 Å². The third-order valence-electron chi connectivity index (χ3n) is 2.13. The van der Waals surface area contributed by atoms with Gasteiger partial charge in [-0.3, -0.25) is 9.36 Å². The zero-order chi connectivity index (χ0) is 12.7. The Morgan fingerprint density at radius 2 is 2.47 bits per heavy atom. The molecule has 1 heterocycles. The Labute approximate surface area is 113 Å². The standard InChI is InChI=1S/C10H16IN3O3/c1-17-3-2-12-4-8(15)6-14-7-13-5-9(11)10(14)16/h5,7-8,12,15H,2-4,6H2,1H3. The van der Waals surface area contributed by atoms with Crippen LogP contribution in [0.1, 0.15) is 0 Å². The van der Waals surface area contributed by atoms with Gasteiger partial charge in [-0.2, -0.15) is 0 Å². The molecule has 0 radical (unpaired) electrons. The van der Waals surface area contributed by atoms with Crippen LogP contribution in [0.2, 0.25) is 0 Å². The molecule has 2 N–H and O–H groups in total. The van der Waals surface area contributed by atoms with E-state index in [-0.39, 0.29) is 12.1 Å². The van der Waals surface area contributed by atoms with Crippen molar-refractivity contribution in [3.63, 3.8) is 0 Å². The van der Waals surface area contributed by atoms with Crippen LogP contribution in [0.15, 0.2) is 17.3 Å². The maximum Gasteiger partial charge on any atom is 0.266 e. The maximum absolute atomic E-state index is 11.6. The predicted molar refractivity (Wildman–Crippen MR) is 72.0 cm³/mol. The number of methoxy groups -OCH3 is 1. The summed E-state index contributed by atoms with van der Waals surface area (Å²) < 4.78 is 6.82. The van der Waals surface area contributed by atoms with E-state index in [2.05, 4.69) is 10.3 Å². The second kappa shape index (κ2) is 7.75. The van der Waals surface area contributed by atoms with Gasteiger partial charge in [0.2, 0.25) is 0 Å². The van der Waals surface area contributed by atoms with E-state index in [0.29, 0.717) is 23.3 Å². The number of aliphatic hydroxyl groups excluding tert-OH is 1. The highest BCUT2D eigenvalue weighted by Gasteiger charge is 2.07. The van der Waals surface area contributed by atoms with E-state index < -0.39 is 6.10 Å². The van der Waals surface area contributed by atoms with E-state index in [1.54, 1.807) is 7.11 Å². The summed E-state index contributed by atoms with van der Waals surface area (Å²) in [6.45, 7) is 1.93. The average Bonchev–Trinajstić information content (AvgIpc) is 2.31. The molecule has 1 unspecified atom stereocenters. The predicted octanol–water partition coefficient (Wildman–Crippen LogP) is -0.555. The summed E-state index contributed by atoms with van der Waals surface area (Å²) >= 11 is 1.93. The third kappa shape index (κ3) is 5.11. The number of ether oxygens (including phenoxy) is 1. The number of hydrogen-bond donors (Lipinski definition) is 2.